The monoisotopic (exact) mass is 284 g/mol. The molecule has 0 aromatic heterocycles. The van der Waals surface area contributed by atoms with Crippen LogP contribution in [-0.2, 0) is 11.2 Å². The van der Waals surface area contributed by atoms with Crippen molar-refractivity contribution in [3.63, 3.8) is 0 Å². The summed E-state index contributed by atoms with van der Waals surface area (Å²) in [5.74, 6) is 4.28. The van der Waals surface area contributed by atoms with Gasteiger partial charge in [0.25, 0.3) is 0 Å². The molecule has 0 saturated heterocycles. The second-order valence-electron chi connectivity index (χ2n) is 3.11. The molecule has 1 aromatic rings. The van der Waals surface area contributed by atoms with Crippen LogP contribution in [0.1, 0.15) is 17.5 Å². The molecular formula is C12H10BrFO2. The topological polar surface area (TPSA) is 37.3 Å². The van der Waals surface area contributed by atoms with Crippen molar-refractivity contribution < 1.29 is 14.3 Å². The lowest BCUT2D eigenvalue weighted by Gasteiger charge is -2.01. The summed E-state index contributed by atoms with van der Waals surface area (Å²) in [7, 11) is 0. The molecule has 1 aromatic carbocycles. The number of benzene rings is 1. The maximum atomic E-state index is 12.9. The van der Waals surface area contributed by atoms with Gasteiger partial charge in [0.15, 0.2) is 0 Å². The van der Waals surface area contributed by atoms with Crippen LogP contribution in [0, 0.1) is 17.7 Å². The number of hydrogen-bond acceptors (Lipinski definition) is 1. The number of alkyl halides is 1. The molecule has 0 saturated carbocycles. The van der Waals surface area contributed by atoms with Crippen LogP contribution in [0.3, 0.4) is 0 Å². The van der Waals surface area contributed by atoms with Crippen molar-refractivity contribution in [2.75, 3.05) is 5.33 Å². The van der Waals surface area contributed by atoms with Gasteiger partial charge in [0.2, 0.25) is 0 Å². The Morgan fingerprint density at radius 1 is 1.50 bits per heavy atom. The summed E-state index contributed by atoms with van der Waals surface area (Å²) in [4.78, 5) is 10.6. The van der Waals surface area contributed by atoms with E-state index in [1.54, 1.807) is 0 Å². The van der Waals surface area contributed by atoms with Gasteiger partial charge in [-0.2, -0.15) is 0 Å². The third kappa shape index (κ3) is 4.03. The van der Waals surface area contributed by atoms with Gasteiger partial charge in [-0.3, -0.25) is 4.79 Å². The molecule has 1 rings (SSSR count). The first-order valence-electron chi connectivity index (χ1n) is 4.68. The Hall–Kier alpha value is -1.34. The van der Waals surface area contributed by atoms with Crippen molar-refractivity contribution in [3.05, 3.63) is 35.1 Å². The third-order valence-corrected chi connectivity index (χ3v) is 2.25. The van der Waals surface area contributed by atoms with Gasteiger partial charge < -0.3 is 5.11 Å². The summed E-state index contributed by atoms with van der Waals surface area (Å²) in [6.45, 7) is 0. The fourth-order valence-corrected chi connectivity index (χ4v) is 1.40. The van der Waals surface area contributed by atoms with E-state index in [0.29, 0.717) is 17.5 Å². The van der Waals surface area contributed by atoms with Gasteiger partial charge in [-0.25, -0.2) is 4.39 Å². The number of rotatable bonds is 3. The average Bonchev–Trinajstić information content (AvgIpc) is 2.20. The Labute approximate surface area is 102 Å². The molecule has 0 aliphatic rings. The van der Waals surface area contributed by atoms with Gasteiger partial charge in [0, 0.05) is 17.3 Å². The van der Waals surface area contributed by atoms with Crippen LogP contribution in [0.5, 0.6) is 0 Å². The highest BCUT2D eigenvalue weighted by Gasteiger charge is 2.06. The molecule has 16 heavy (non-hydrogen) atoms. The molecule has 0 fully saturated rings. The van der Waals surface area contributed by atoms with Crippen molar-refractivity contribution >= 4 is 21.9 Å². The maximum Gasteiger partial charge on any atom is 0.307 e. The Kier molecular flexibility index (Phi) is 5.00. The van der Waals surface area contributed by atoms with E-state index < -0.39 is 11.8 Å². The van der Waals surface area contributed by atoms with Crippen LogP contribution in [0.2, 0.25) is 0 Å². The van der Waals surface area contributed by atoms with Crippen molar-refractivity contribution in [1.82, 2.24) is 0 Å². The Balaban J connectivity index is 2.99. The molecule has 0 heterocycles. The van der Waals surface area contributed by atoms with Crippen LogP contribution in [0.15, 0.2) is 18.2 Å². The molecule has 0 amide bonds. The number of carboxylic acids is 1. The quantitative estimate of drug-likeness (QED) is 0.684. The molecule has 0 radical (unpaired) electrons. The van der Waals surface area contributed by atoms with Crippen LogP contribution >= 0.6 is 15.9 Å². The number of halogens is 2. The molecule has 4 heteroatoms. The van der Waals surface area contributed by atoms with Gasteiger partial charge in [0.05, 0.1) is 6.42 Å². The van der Waals surface area contributed by atoms with Gasteiger partial charge in [-0.05, 0) is 23.8 Å². The summed E-state index contributed by atoms with van der Waals surface area (Å²) in [6.07, 6.45) is 0.458. The zero-order valence-electron chi connectivity index (χ0n) is 8.46. The van der Waals surface area contributed by atoms with E-state index in [9.17, 15) is 9.18 Å². The van der Waals surface area contributed by atoms with Gasteiger partial charge >= 0.3 is 5.97 Å². The lowest BCUT2D eigenvalue weighted by molar-refractivity contribution is -0.136. The minimum absolute atomic E-state index is 0.212. The molecule has 0 spiro atoms. The Morgan fingerprint density at radius 2 is 2.25 bits per heavy atom. The van der Waals surface area contributed by atoms with Crippen molar-refractivity contribution in [2.24, 2.45) is 0 Å². The third-order valence-electron chi connectivity index (χ3n) is 1.85. The molecule has 0 bridgehead atoms. The Bertz CT molecular complexity index is 446. The highest BCUT2D eigenvalue weighted by molar-refractivity contribution is 9.09. The molecule has 0 aliphatic heterocycles. The van der Waals surface area contributed by atoms with Crippen molar-refractivity contribution in [1.29, 1.82) is 0 Å². The lowest BCUT2D eigenvalue weighted by Crippen LogP contribution is -2.02. The molecule has 1 N–H and O–H groups in total. The molecular weight excluding hydrogens is 275 g/mol. The zero-order chi connectivity index (χ0) is 12.0. The minimum Gasteiger partial charge on any atom is -0.481 e. The van der Waals surface area contributed by atoms with E-state index in [2.05, 4.69) is 27.8 Å². The standard InChI is InChI=1S/C12H10BrFO2/c13-6-2-1-3-9-4-5-11(14)7-10(9)8-12(15)16/h4-5,7H,2,6,8H2,(H,15,16). The first-order valence-corrected chi connectivity index (χ1v) is 5.80. The summed E-state index contributed by atoms with van der Waals surface area (Å²) in [6, 6.07) is 4.00. The molecule has 2 nitrogen and oxygen atoms in total. The number of carbonyl (C=O) groups is 1. The van der Waals surface area contributed by atoms with E-state index >= 15 is 0 Å². The van der Waals surface area contributed by atoms with Crippen LogP contribution in [-0.4, -0.2) is 16.4 Å². The predicted octanol–water partition coefficient (Wildman–Crippen LogP) is 2.59. The number of aliphatic carboxylic acids is 1. The largest absolute Gasteiger partial charge is 0.481 e. The maximum absolute atomic E-state index is 12.9. The van der Waals surface area contributed by atoms with Crippen molar-refractivity contribution in [2.45, 2.75) is 12.8 Å². The first-order chi connectivity index (χ1) is 7.63. The van der Waals surface area contributed by atoms with Gasteiger partial charge in [-0.15, -0.1) is 0 Å². The fraction of sp³-hybridized carbons (Fsp3) is 0.250. The van der Waals surface area contributed by atoms with Crippen LogP contribution < -0.4 is 0 Å². The van der Waals surface area contributed by atoms with Crippen LogP contribution in [0.25, 0.3) is 0 Å². The van der Waals surface area contributed by atoms with Gasteiger partial charge in [0.1, 0.15) is 5.82 Å². The second kappa shape index (κ2) is 6.29. The highest BCUT2D eigenvalue weighted by atomic mass is 79.9. The van der Waals surface area contributed by atoms with E-state index in [0.717, 1.165) is 5.33 Å². The minimum atomic E-state index is -0.992. The fourth-order valence-electron chi connectivity index (χ4n) is 1.20. The summed E-state index contributed by atoms with van der Waals surface area (Å²) in [5.41, 5.74) is 0.985. The van der Waals surface area contributed by atoms with E-state index in [1.165, 1.54) is 18.2 Å². The van der Waals surface area contributed by atoms with Crippen LogP contribution in [0.4, 0.5) is 4.39 Å². The molecule has 0 unspecified atom stereocenters. The first kappa shape index (κ1) is 12.7. The predicted molar refractivity (Wildman–Crippen MR) is 63.0 cm³/mol. The SMILES string of the molecule is O=C(O)Cc1cc(F)ccc1C#CCCBr. The van der Waals surface area contributed by atoms with Crippen molar-refractivity contribution in [3.8, 4) is 11.8 Å². The van der Waals surface area contributed by atoms with E-state index in [4.69, 9.17) is 5.11 Å². The number of carboxylic acid groups (broad SMARTS) is 1. The normalized spacial score (nSPS) is 9.38. The molecule has 0 atom stereocenters. The average molecular weight is 285 g/mol. The van der Waals surface area contributed by atoms with E-state index in [-0.39, 0.29) is 6.42 Å². The van der Waals surface area contributed by atoms with E-state index in [1.807, 2.05) is 0 Å². The van der Waals surface area contributed by atoms with Gasteiger partial charge in [-0.1, -0.05) is 27.8 Å². The smallest absolute Gasteiger partial charge is 0.307 e. The summed E-state index contributed by atoms with van der Waals surface area (Å²) in [5, 5.41) is 9.44. The lowest BCUT2D eigenvalue weighted by atomic mass is 10.0. The Morgan fingerprint density at radius 3 is 2.88 bits per heavy atom. The second-order valence-corrected chi connectivity index (χ2v) is 3.91. The molecule has 84 valence electrons. The number of hydrogen-bond donors (Lipinski definition) is 1. The summed E-state index contributed by atoms with van der Waals surface area (Å²) < 4.78 is 12.9. The zero-order valence-corrected chi connectivity index (χ0v) is 10.1. The highest BCUT2D eigenvalue weighted by Crippen LogP contribution is 2.11. The summed E-state index contributed by atoms with van der Waals surface area (Å²) >= 11 is 3.24. The molecule has 0 aliphatic carbocycles.